The summed E-state index contributed by atoms with van der Waals surface area (Å²) in [6, 6.07) is 5.52. The van der Waals surface area contributed by atoms with Crippen molar-refractivity contribution >= 4 is 40.6 Å². The average molecular weight is 495 g/mol. The summed E-state index contributed by atoms with van der Waals surface area (Å²) in [6.45, 7) is 0.223. The molecule has 4 rings (SSSR count). The number of halogens is 4. The van der Waals surface area contributed by atoms with Crippen LogP contribution >= 0.6 is 11.6 Å². The van der Waals surface area contributed by atoms with Gasteiger partial charge >= 0.3 is 6.18 Å². The number of pyridine rings is 1. The molecule has 2 aromatic heterocycles. The fourth-order valence-corrected chi connectivity index (χ4v) is 3.90. The van der Waals surface area contributed by atoms with E-state index >= 15 is 0 Å². The first-order chi connectivity index (χ1) is 16.1. The van der Waals surface area contributed by atoms with Crippen molar-refractivity contribution in [2.75, 3.05) is 36.2 Å². The summed E-state index contributed by atoms with van der Waals surface area (Å²) in [6.07, 6.45) is -2.03. The predicted octanol–water partition coefficient (Wildman–Crippen LogP) is 3.63. The summed E-state index contributed by atoms with van der Waals surface area (Å²) < 4.78 is 46.0. The zero-order valence-electron chi connectivity index (χ0n) is 17.6. The molecule has 1 atom stereocenters. The number of nitrogens with zero attached hydrogens (tertiary/aromatic N) is 4. The van der Waals surface area contributed by atoms with Gasteiger partial charge in [-0.3, -0.25) is 14.3 Å². The molecule has 13 heteroatoms. The number of rotatable bonds is 5. The Kier molecular flexibility index (Phi) is 6.19. The van der Waals surface area contributed by atoms with E-state index in [9.17, 15) is 22.8 Å². The third-order valence-corrected chi connectivity index (χ3v) is 5.52. The number of nitrogen functional groups attached to an aromatic ring is 1. The third kappa shape index (κ3) is 4.41. The number of fused-ring (bicyclic) bond motifs is 1. The number of alkyl halides is 3. The molecule has 9 nitrogen and oxygen atoms in total. The molecule has 1 unspecified atom stereocenters. The molecule has 0 saturated carbocycles. The standard InChI is InChI=1S/C21H18ClF3N6O3/c1-34-10-13-9-30(12-3-4-14(15(22)6-12)21(23,24)25)20(33)18-16(8-28-31(13)18)29-19(32)11-2-5-17(26)27-7-11/h2-8,13H,9-10H2,1H3,(H2,26,27)(H,29,32). The normalized spacial score (nSPS) is 15.9. The number of aromatic nitrogens is 3. The molecule has 2 amide bonds. The van der Waals surface area contributed by atoms with Crippen molar-refractivity contribution in [2.45, 2.75) is 12.2 Å². The van der Waals surface area contributed by atoms with Crippen LogP contribution in [0.1, 0.15) is 32.5 Å². The summed E-state index contributed by atoms with van der Waals surface area (Å²) in [4.78, 5) is 31.2. The van der Waals surface area contributed by atoms with Crippen LogP contribution in [0, 0.1) is 0 Å². The lowest BCUT2D eigenvalue weighted by Crippen LogP contribution is -2.45. The molecule has 0 bridgehead atoms. The lowest BCUT2D eigenvalue weighted by atomic mass is 10.1. The largest absolute Gasteiger partial charge is 0.417 e. The Balaban J connectivity index is 1.69. The molecule has 178 valence electrons. The molecule has 0 aliphatic carbocycles. The van der Waals surface area contributed by atoms with Crippen molar-refractivity contribution < 1.29 is 27.5 Å². The number of methoxy groups -OCH3 is 1. The van der Waals surface area contributed by atoms with Gasteiger partial charge in [-0.25, -0.2) is 4.98 Å². The third-order valence-electron chi connectivity index (χ3n) is 5.21. The Hall–Kier alpha value is -3.64. The van der Waals surface area contributed by atoms with Gasteiger partial charge in [0.2, 0.25) is 0 Å². The first-order valence-corrected chi connectivity index (χ1v) is 10.3. The number of ether oxygens (including phenoxy) is 1. The Bertz CT molecular complexity index is 1250. The highest BCUT2D eigenvalue weighted by Crippen LogP contribution is 2.38. The van der Waals surface area contributed by atoms with E-state index in [-0.39, 0.29) is 41.6 Å². The summed E-state index contributed by atoms with van der Waals surface area (Å²) in [7, 11) is 1.47. The van der Waals surface area contributed by atoms with Gasteiger partial charge in [-0.2, -0.15) is 18.3 Å². The predicted molar refractivity (Wildman–Crippen MR) is 118 cm³/mol. The van der Waals surface area contributed by atoms with Gasteiger partial charge in [-0.15, -0.1) is 0 Å². The summed E-state index contributed by atoms with van der Waals surface area (Å²) >= 11 is 5.86. The minimum absolute atomic E-state index is 0.0427. The van der Waals surface area contributed by atoms with Crippen LogP contribution in [0.5, 0.6) is 0 Å². The highest BCUT2D eigenvalue weighted by atomic mass is 35.5. The van der Waals surface area contributed by atoms with Gasteiger partial charge in [0.05, 0.1) is 47.2 Å². The van der Waals surface area contributed by atoms with E-state index in [0.717, 1.165) is 12.1 Å². The van der Waals surface area contributed by atoms with E-state index in [2.05, 4.69) is 15.4 Å². The number of nitrogens with two attached hydrogens (primary N) is 1. The second-order valence-corrected chi connectivity index (χ2v) is 7.87. The SMILES string of the molecule is COCC1CN(c2ccc(C(F)(F)F)c(Cl)c2)C(=O)c2c(NC(=O)c3ccc(N)nc3)cnn21. The maximum Gasteiger partial charge on any atom is 0.417 e. The van der Waals surface area contributed by atoms with Crippen LogP contribution in [0.25, 0.3) is 0 Å². The van der Waals surface area contributed by atoms with Crippen LogP contribution in [0.3, 0.4) is 0 Å². The average Bonchev–Trinajstić information content (AvgIpc) is 3.19. The molecule has 3 aromatic rings. The van der Waals surface area contributed by atoms with Crippen LogP contribution in [0.15, 0.2) is 42.7 Å². The zero-order valence-corrected chi connectivity index (χ0v) is 18.4. The number of anilines is 3. The molecule has 0 radical (unpaired) electrons. The molecular weight excluding hydrogens is 477 g/mol. The smallest absolute Gasteiger partial charge is 0.384 e. The van der Waals surface area contributed by atoms with Gasteiger partial charge < -0.3 is 20.7 Å². The van der Waals surface area contributed by atoms with Crippen LogP contribution < -0.4 is 16.0 Å². The molecule has 0 fully saturated rings. The van der Waals surface area contributed by atoms with Gasteiger partial charge in [0.15, 0.2) is 5.69 Å². The van der Waals surface area contributed by atoms with Gasteiger partial charge in [0, 0.05) is 19.0 Å². The number of carbonyl (C=O) groups is 2. The summed E-state index contributed by atoms with van der Waals surface area (Å²) in [5.74, 6) is -0.886. The van der Waals surface area contributed by atoms with Crippen LogP contribution in [0.4, 0.5) is 30.4 Å². The minimum atomic E-state index is -4.63. The monoisotopic (exact) mass is 494 g/mol. The molecule has 0 spiro atoms. The van der Waals surface area contributed by atoms with E-state index in [1.165, 1.54) is 47.3 Å². The lowest BCUT2D eigenvalue weighted by Gasteiger charge is -2.34. The fraction of sp³-hybridized carbons (Fsp3) is 0.238. The van der Waals surface area contributed by atoms with Crippen molar-refractivity contribution in [1.29, 1.82) is 0 Å². The van der Waals surface area contributed by atoms with E-state index in [4.69, 9.17) is 22.1 Å². The van der Waals surface area contributed by atoms with Gasteiger partial charge in [0.1, 0.15) is 5.82 Å². The van der Waals surface area contributed by atoms with Crippen LogP contribution in [-0.4, -0.2) is 46.8 Å². The zero-order chi connectivity index (χ0) is 24.6. The van der Waals surface area contributed by atoms with E-state index in [1.807, 2.05) is 0 Å². The number of hydrogen-bond donors (Lipinski definition) is 2. The molecular formula is C21H18ClF3N6O3. The number of amides is 2. The first-order valence-electron chi connectivity index (χ1n) is 9.88. The molecule has 3 heterocycles. The van der Waals surface area contributed by atoms with Gasteiger partial charge in [-0.1, -0.05) is 11.6 Å². The maximum absolute atomic E-state index is 13.4. The van der Waals surface area contributed by atoms with Crippen molar-refractivity contribution in [3.05, 3.63) is 64.6 Å². The molecule has 1 aliphatic heterocycles. The highest BCUT2D eigenvalue weighted by Gasteiger charge is 2.37. The Morgan fingerprint density at radius 1 is 1.29 bits per heavy atom. The minimum Gasteiger partial charge on any atom is -0.384 e. The van der Waals surface area contributed by atoms with Crippen molar-refractivity contribution in [3.63, 3.8) is 0 Å². The second-order valence-electron chi connectivity index (χ2n) is 7.46. The van der Waals surface area contributed by atoms with E-state index < -0.39 is 34.6 Å². The number of hydrogen-bond acceptors (Lipinski definition) is 6. The fourth-order valence-electron chi connectivity index (χ4n) is 3.62. The number of nitrogens with one attached hydrogen (secondary N) is 1. The Labute approximate surface area is 196 Å². The second kappa shape index (κ2) is 8.95. The molecule has 3 N–H and O–H groups in total. The molecule has 1 aromatic carbocycles. The molecule has 34 heavy (non-hydrogen) atoms. The quantitative estimate of drug-likeness (QED) is 0.559. The number of benzene rings is 1. The first kappa shape index (κ1) is 23.5. The molecule has 1 aliphatic rings. The maximum atomic E-state index is 13.4. The topological polar surface area (TPSA) is 115 Å². The Morgan fingerprint density at radius 3 is 2.68 bits per heavy atom. The van der Waals surface area contributed by atoms with Crippen molar-refractivity contribution in [3.8, 4) is 0 Å². The number of carbonyl (C=O) groups excluding carboxylic acids is 2. The lowest BCUT2D eigenvalue weighted by molar-refractivity contribution is -0.137. The van der Waals surface area contributed by atoms with Gasteiger partial charge in [0.25, 0.3) is 11.8 Å². The molecule has 0 saturated heterocycles. The summed E-state index contributed by atoms with van der Waals surface area (Å²) in [5.41, 5.74) is 5.06. The van der Waals surface area contributed by atoms with Crippen LogP contribution in [0.2, 0.25) is 5.02 Å². The van der Waals surface area contributed by atoms with Crippen LogP contribution in [-0.2, 0) is 10.9 Å². The van der Waals surface area contributed by atoms with Gasteiger partial charge in [-0.05, 0) is 30.3 Å². The van der Waals surface area contributed by atoms with E-state index in [1.54, 1.807) is 0 Å². The summed E-state index contributed by atoms with van der Waals surface area (Å²) in [5, 5.41) is 6.31. The van der Waals surface area contributed by atoms with E-state index in [0.29, 0.717) is 0 Å². The van der Waals surface area contributed by atoms with Crippen molar-refractivity contribution in [1.82, 2.24) is 14.8 Å². The Morgan fingerprint density at radius 2 is 2.06 bits per heavy atom. The van der Waals surface area contributed by atoms with Crippen molar-refractivity contribution in [2.24, 2.45) is 0 Å². The highest BCUT2D eigenvalue weighted by molar-refractivity contribution is 6.31.